The topological polar surface area (TPSA) is 149 Å². The average molecular weight is 523 g/mol. The van der Waals surface area contributed by atoms with Crippen molar-refractivity contribution in [3.8, 4) is 0 Å². The van der Waals surface area contributed by atoms with E-state index in [2.05, 4.69) is 29.5 Å². The molecule has 3 rings (SSSR count). The van der Waals surface area contributed by atoms with Crippen molar-refractivity contribution in [1.29, 1.82) is 0 Å². The highest BCUT2D eigenvalue weighted by atomic mass is 16.4. The van der Waals surface area contributed by atoms with Crippen LogP contribution < -0.4 is 16.2 Å². The van der Waals surface area contributed by atoms with Crippen molar-refractivity contribution in [2.24, 2.45) is 5.92 Å². The van der Waals surface area contributed by atoms with Crippen molar-refractivity contribution in [3.05, 3.63) is 70.4 Å². The van der Waals surface area contributed by atoms with Crippen LogP contribution in [-0.2, 0) is 22.6 Å². The minimum atomic E-state index is -1.37. The fourth-order valence-corrected chi connectivity index (χ4v) is 3.97. The lowest BCUT2D eigenvalue weighted by Crippen LogP contribution is -2.44. The number of pyridine rings is 1. The second-order valence-corrected chi connectivity index (χ2v) is 9.65. The van der Waals surface area contributed by atoms with E-state index in [0.717, 1.165) is 23.0 Å². The summed E-state index contributed by atoms with van der Waals surface area (Å²) in [6.45, 7) is 4.45. The molecule has 0 saturated carbocycles. The number of benzene rings is 1. The van der Waals surface area contributed by atoms with E-state index in [0.29, 0.717) is 11.7 Å². The third-order valence-corrected chi connectivity index (χ3v) is 5.81. The summed E-state index contributed by atoms with van der Waals surface area (Å²) < 4.78 is 1.42. The number of rotatable bonds is 11. The molecule has 0 spiro atoms. The van der Waals surface area contributed by atoms with Crippen LogP contribution in [0.2, 0.25) is 0 Å². The summed E-state index contributed by atoms with van der Waals surface area (Å²) in [6.07, 6.45) is 4.42. The number of hydrogen-bond donors (Lipinski definition) is 4. The van der Waals surface area contributed by atoms with Crippen molar-refractivity contribution in [2.75, 3.05) is 19.4 Å². The van der Waals surface area contributed by atoms with Gasteiger partial charge >= 0.3 is 6.09 Å². The number of H-pyrrole nitrogens is 1. The number of para-hydroxylation sites is 1. The predicted molar refractivity (Wildman–Crippen MR) is 145 cm³/mol. The van der Waals surface area contributed by atoms with Crippen molar-refractivity contribution < 1.29 is 19.5 Å². The third-order valence-electron chi connectivity index (χ3n) is 5.81. The summed E-state index contributed by atoms with van der Waals surface area (Å²) in [6, 6.07) is 7.93. The van der Waals surface area contributed by atoms with Crippen LogP contribution in [0, 0.1) is 5.92 Å². The minimum absolute atomic E-state index is 0.0182. The maximum atomic E-state index is 13.1. The number of nitrogens with one attached hydrogen (secondary N) is 3. The molecule has 38 heavy (non-hydrogen) atoms. The van der Waals surface area contributed by atoms with Crippen molar-refractivity contribution in [3.63, 3.8) is 0 Å². The van der Waals surface area contributed by atoms with Gasteiger partial charge in [0.15, 0.2) is 0 Å². The molecule has 3 aromatic rings. The molecule has 0 fully saturated rings. The zero-order valence-electron chi connectivity index (χ0n) is 22.0. The maximum Gasteiger partial charge on any atom is 0.405 e. The molecule has 1 unspecified atom stereocenters. The number of carbonyl (C=O) groups excluding carboxylic acids is 2. The van der Waals surface area contributed by atoms with Gasteiger partial charge in [-0.15, -0.1) is 0 Å². The van der Waals surface area contributed by atoms with Gasteiger partial charge in [0.25, 0.3) is 5.56 Å². The smallest absolute Gasteiger partial charge is 0.405 e. The normalized spacial score (nSPS) is 12.1. The Kier molecular flexibility index (Phi) is 9.42. The summed E-state index contributed by atoms with van der Waals surface area (Å²) in [5, 5.41) is 13.9. The zero-order valence-corrected chi connectivity index (χ0v) is 22.0. The number of fused-ring (bicyclic) bond motifs is 1. The first kappa shape index (κ1) is 28.2. The first-order valence-electron chi connectivity index (χ1n) is 12.4. The van der Waals surface area contributed by atoms with Gasteiger partial charge in [0.1, 0.15) is 17.6 Å². The minimum Gasteiger partial charge on any atom is -0.465 e. The van der Waals surface area contributed by atoms with Crippen LogP contribution in [0.25, 0.3) is 11.0 Å². The SMILES string of the molecule is CC(C)Cc1cccc2[nH]c(Cn3cccc(NC(=O)C(CCC=CC(=O)N(C)C)NC(=O)O)c3=O)nc12. The molecule has 0 radical (unpaired) electrons. The maximum absolute atomic E-state index is 13.1. The fourth-order valence-electron chi connectivity index (χ4n) is 3.97. The van der Waals surface area contributed by atoms with E-state index >= 15 is 0 Å². The highest BCUT2D eigenvalue weighted by Crippen LogP contribution is 2.20. The average Bonchev–Trinajstić information content (AvgIpc) is 3.26. The van der Waals surface area contributed by atoms with Crippen molar-refractivity contribution in [2.45, 2.75) is 45.7 Å². The van der Waals surface area contributed by atoms with Gasteiger partial charge in [-0.2, -0.15) is 0 Å². The molecule has 202 valence electrons. The highest BCUT2D eigenvalue weighted by molar-refractivity contribution is 5.96. The lowest BCUT2D eigenvalue weighted by Gasteiger charge is -2.16. The Morgan fingerprint density at radius 3 is 2.63 bits per heavy atom. The van der Waals surface area contributed by atoms with Gasteiger partial charge < -0.3 is 30.2 Å². The standard InChI is InChI=1S/C27H34N6O5/c1-17(2)15-18-9-7-11-19-24(18)31-22(28-19)16-33-14-8-12-21(26(33)36)29-25(35)20(30-27(37)38)10-5-6-13-23(34)32(3)4/h6-9,11-14,17,20,30H,5,10,15-16H2,1-4H3,(H,28,31)(H,29,35)(H,37,38). The van der Waals surface area contributed by atoms with Gasteiger partial charge in [0, 0.05) is 20.3 Å². The summed E-state index contributed by atoms with van der Waals surface area (Å²) in [5.41, 5.74) is 2.46. The number of anilines is 1. The molecule has 2 aromatic heterocycles. The number of carboxylic acid groups (broad SMARTS) is 1. The molecule has 11 heteroatoms. The van der Waals surface area contributed by atoms with Crippen molar-refractivity contribution in [1.82, 2.24) is 24.8 Å². The Morgan fingerprint density at radius 2 is 1.95 bits per heavy atom. The molecule has 0 saturated heterocycles. The number of carbonyl (C=O) groups is 3. The van der Waals surface area contributed by atoms with E-state index < -0.39 is 23.6 Å². The van der Waals surface area contributed by atoms with Gasteiger partial charge in [0.05, 0.1) is 17.6 Å². The number of allylic oxidation sites excluding steroid dienone is 1. The number of imidazole rings is 1. The van der Waals surface area contributed by atoms with Gasteiger partial charge in [0.2, 0.25) is 11.8 Å². The summed E-state index contributed by atoms with van der Waals surface area (Å²) in [5.74, 6) is 0.185. The molecule has 0 aliphatic heterocycles. The Balaban J connectivity index is 1.74. The lowest BCUT2D eigenvalue weighted by atomic mass is 10.0. The molecule has 2 heterocycles. The van der Waals surface area contributed by atoms with Crippen LogP contribution in [0.1, 0.15) is 38.1 Å². The second-order valence-electron chi connectivity index (χ2n) is 9.65. The number of aromatic nitrogens is 3. The third kappa shape index (κ3) is 7.55. The van der Waals surface area contributed by atoms with Gasteiger partial charge in [-0.3, -0.25) is 14.4 Å². The summed E-state index contributed by atoms with van der Waals surface area (Å²) in [4.78, 5) is 58.2. The Bertz CT molecular complexity index is 1390. The van der Waals surface area contributed by atoms with E-state index in [-0.39, 0.29) is 31.0 Å². The molecule has 3 amide bonds. The summed E-state index contributed by atoms with van der Waals surface area (Å²) in [7, 11) is 3.22. The van der Waals surface area contributed by atoms with Crippen LogP contribution >= 0.6 is 0 Å². The van der Waals surface area contributed by atoms with Crippen LogP contribution in [0.5, 0.6) is 0 Å². The van der Waals surface area contributed by atoms with Gasteiger partial charge in [-0.1, -0.05) is 32.1 Å². The molecule has 4 N–H and O–H groups in total. The van der Waals surface area contributed by atoms with Crippen LogP contribution in [-0.4, -0.2) is 62.6 Å². The number of aromatic amines is 1. The molecule has 0 aliphatic carbocycles. The number of hydrogen-bond acceptors (Lipinski definition) is 5. The largest absolute Gasteiger partial charge is 0.465 e. The Hall–Kier alpha value is -4.41. The quantitative estimate of drug-likeness (QED) is 0.285. The number of amides is 3. The van der Waals surface area contributed by atoms with Crippen molar-refractivity contribution >= 4 is 34.6 Å². The zero-order chi connectivity index (χ0) is 27.8. The summed E-state index contributed by atoms with van der Waals surface area (Å²) >= 11 is 0. The highest BCUT2D eigenvalue weighted by Gasteiger charge is 2.21. The molecule has 11 nitrogen and oxygen atoms in total. The predicted octanol–water partition coefficient (Wildman–Crippen LogP) is 2.97. The van der Waals surface area contributed by atoms with Crippen LogP contribution in [0.15, 0.2) is 53.5 Å². The number of nitrogens with zero attached hydrogens (tertiary/aromatic N) is 3. The van der Waals surface area contributed by atoms with E-state index in [1.807, 2.05) is 18.2 Å². The second kappa shape index (κ2) is 12.7. The monoisotopic (exact) mass is 522 g/mol. The lowest BCUT2D eigenvalue weighted by molar-refractivity contribution is -0.123. The van der Waals surface area contributed by atoms with E-state index in [9.17, 15) is 19.2 Å². The van der Waals surface area contributed by atoms with Gasteiger partial charge in [-0.25, -0.2) is 9.78 Å². The molecule has 0 bridgehead atoms. The first-order valence-corrected chi connectivity index (χ1v) is 12.4. The van der Waals surface area contributed by atoms with E-state index in [4.69, 9.17) is 10.1 Å². The van der Waals surface area contributed by atoms with Gasteiger partial charge in [-0.05, 0) is 55.0 Å². The Labute approximate surface area is 220 Å². The fraction of sp³-hybridized carbons (Fsp3) is 0.370. The van der Waals surface area contributed by atoms with Crippen LogP contribution in [0.3, 0.4) is 0 Å². The van der Waals surface area contributed by atoms with Crippen LogP contribution in [0.4, 0.5) is 10.5 Å². The molecule has 0 aliphatic rings. The van der Waals surface area contributed by atoms with E-state index in [1.165, 1.54) is 21.6 Å². The van der Waals surface area contributed by atoms with E-state index in [1.54, 1.807) is 32.4 Å². The molecular weight excluding hydrogens is 488 g/mol. The molecule has 1 atom stereocenters. The number of likely N-dealkylation sites (N-methyl/N-ethyl adjacent to an activating group) is 1. The first-order chi connectivity index (χ1) is 18.0. The molecule has 1 aromatic carbocycles. The Morgan fingerprint density at radius 1 is 1.18 bits per heavy atom. The molecular formula is C27H34N6O5.